The van der Waals surface area contributed by atoms with E-state index in [-0.39, 0.29) is 18.7 Å². The molecule has 2 heterocycles. The van der Waals surface area contributed by atoms with Crippen molar-refractivity contribution in [1.82, 2.24) is 5.32 Å². The highest BCUT2D eigenvalue weighted by Crippen LogP contribution is 2.38. The molecule has 8 nitrogen and oxygen atoms in total. The summed E-state index contributed by atoms with van der Waals surface area (Å²) in [6.45, 7) is -2.24. The number of alkyl halides is 2. The molecule has 0 aromatic rings. The Morgan fingerprint density at radius 3 is 2.79 bits per heavy atom. The molecule has 0 saturated carbocycles. The van der Waals surface area contributed by atoms with E-state index in [2.05, 4.69) is 10.3 Å². The number of halogens is 2. The van der Waals surface area contributed by atoms with Gasteiger partial charge in [-0.15, -0.1) is 0 Å². The Balaban J connectivity index is 2.13. The molecule has 0 bridgehead atoms. The lowest BCUT2D eigenvalue weighted by Crippen LogP contribution is -2.56. The van der Waals surface area contributed by atoms with E-state index in [1.54, 1.807) is 0 Å². The number of amidine groups is 1. The van der Waals surface area contributed by atoms with Crippen LogP contribution in [0.25, 0.3) is 0 Å². The quantitative estimate of drug-likeness (QED) is 0.438. The number of carbonyl (C=O) groups excluding carboxylic acids is 3. The van der Waals surface area contributed by atoms with Gasteiger partial charge in [-0.25, -0.2) is 8.78 Å². The number of aliphatic imine (C=N–C) groups is 1. The molecule has 2 rings (SSSR count). The minimum atomic E-state index is -3.73. The number of nitrogens with zero attached hydrogens (tertiary/aromatic N) is 1. The molecule has 1 fully saturated rings. The van der Waals surface area contributed by atoms with E-state index in [1.807, 2.05) is 0 Å². The van der Waals surface area contributed by atoms with Crippen molar-refractivity contribution in [2.75, 3.05) is 6.61 Å². The number of aliphatic hydroxyl groups is 2. The summed E-state index contributed by atoms with van der Waals surface area (Å²) in [5.41, 5.74) is 0. The van der Waals surface area contributed by atoms with Gasteiger partial charge in [0.25, 0.3) is 5.92 Å². The van der Waals surface area contributed by atoms with Crippen molar-refractivity contribution in [3.8, 4) is 0 Å². The monoisotopic (exact) mass is 344 g/mol. The van der Waals surface area contributed by atoms with Crippen molar-refractivity contribution in [3.05, 3.63) is 12.1 Å². The van der Waals surface area contributed by atoms with Crippen LogP contribution in [0.4, 0.5) is 13.6 Å². The van der Waals surface area contributed by atoms with Gasteiger partial charge in [-0.2, -0.15) is 4.99 Å². The van der Waals surface area contributed by atoms with Crippen LogP contribution in [0.1, 0.15) is 12.8 Å². The Labute approximate surface area is 135 Å². The van der Waals surface area contributed by atoms with Crippen LogP contribution in [0.3, 0.4) is 0 Å². The average molecular weight is 344 g/mol. The third-order valence-corrected chi connectivity index (χ3v) is 3.69. The van der Waals surface area contributed by atoms with Crippen molar-refractivity contribution in [2.45, 2.75) is 37.0 Å². The summed E-state index contributed by atoms with van der Waals surface area (Å²) in [4.78, 5) is 37.1. The molecule has 24 heavy (non-hydrogen) atoms. The van der Waals surface area contributed by atoms with Gasteiger partial charge >= 0.3 is 6.71 Å². The normalized spacial score (nSPS) is 30.5. The Morgan fingerprint density at radius 1 is 1.54 bits per heavy atom. The van der Waals surface area contributed by atoms with Gasteiger partial charge in [-0.1, -0.05) is 5.98 Å². The lowest BCUT2D eigenvalue weighted by molar-refractivity contribution is -0.119. The number of hydrogen-bond donors (Lipinski definition) is 3. The van der Waals surface area contributed by atoms with Gasteiger partial charge in [0.2, 0.25) is 5.91 Å². The predicted octanol–water partition coefficient (Wildman–Crippen LogP) is -0.919. The van der Waals surface area contributed by atoms with E-state index in [1.165, 1.54) is 6.08 Å². The van der Waals surface area contributed by atoms with Gasteiger partial charge < -0.3 is 25.1 Å². The van der Waals surface area contributed by atoms with Crippen LogP contribution in [0.2, 0.25) is 0 Å². The minimum Gasteiger partial charge on any atom is -0.394 e. The van der Waals surface area contributed by atoms with Crippen molar-refractivity contribution < 1.29 is 38.1 Å². The summed E-state index contributed by atoms with van der Waals surface area (Å²) >= 11 is 0. The van der Waals surface area contributed by atoms with Crippen LogP contribution < -0.4 is 5.32 Å². The molecule has 0 aliphatic carbocycles. The fraction of sp³-hybridized carbons (Fsp3) is 0.538. The van der Waals surface area contributed by atoms with E-state index in [0.29, 0.717) is 6.29 Å². The molecule has 0 radical (unpaired) electrons. The van der Waals surface area contributed by atoms with Gasteiger partial charge in [-0.05, 0) is 6.08 Å². The number of hydrogen-bond acceptors (Lipinski definition) is 6. The third-order valence-electron chi connectivity index (χ3n) is 3.69. The first-order chi connectivity index (χ1) is 11.3. The van der Waals surface area contributed by atoms with Crippen molar-refractivity contribution >= 4 is 30.5 Å². The smallest absolute Gasteiger partial charge is 0.316 e. The largest absolute Gasteiger partial charge is 0.394 e. The first-order valence-corrected chi connectivity index (χ1v) is 7.17. The minimum absolute atomic E-state index is 0.0154. The van der Waals surface area contributed by atoms with Gasteiger partial charge in [0.1, 0.15) is 30.3 Å². The summed E-state index contributed by atoms with van der Waals surface area (Å²) in [5, 5.41) is 20.6. The van der Waals surface area contributed by atoms with Gasteiger partial charge in [0, 0.05) is 12.8 Å². The molecular weight excluding hydrogens is 329 g/mol. The van der Waals surface area contributed by atoms with Gasteiger partial charge in [0.15, 0.2) is 5.81 Å². The maximum Gasteiger partial charge on any atom is 0.316 e. The van der Waals surface area contributed by atoms with E-state index in [9.17, 15) is 28.3 Å². The Hall–Kier alpha value is -1.98. The standard InChI is InChI=1S/C13H15BF2N2O6/c15-13(16)10(22)7(6-20)24-11(13)14-4-3-8(18-12(14)23)17-9(21)2-1-5-19/h3-5,7,10-11,20,22H,1-2,6H2,(H,17,18,21,23). The molecule has 2 amide bonds. The molecular formula is C13H15BF2N2O6. The highest BCUT2D eigenvalue weighted by molar-refractivity contribution is 6.96. The lowest BCUT2D eigenvalue weighted by Gasteiger charge is -2.25. The average Bonchev–Trinajstić information content (AvgIpc) is 2.76. The predicted molar refractivity (Wildman–Crippen MR) is 77.9 cm³/mol. The Morgan fingerprint density at radius 2 is 2.25 bits per heavy atom. The zero-order chi connectivity index (χ0) is 17.9. The SMILES string of the molecule is O=CCCC(=O)N=C1C=CB(C2OC(CO)C(O)C2(F)F)C(=O)N1. The zero-order valence-electron chi connectivity index (χ0n) is 12.4. The highest BCUT2D eigenvalue weighted by Gasteiger charge is 2.62. The molecule has 2 aliphatic rings. The molecule has 3 unspecified atom stereocenters. The fourth-order valence-electron chi connectivity index (χ4n) is 2.45. The molecule has 3 N–H and O–H groups in total. The number of nitrogens with one attached hydrogen (secondary N) is 1. The summed E-state index contributed by atoms with van der Waals surface area (Å²) in [7, 11) is 0. The summed E-state index contributed by atoms with van der Waals surface area (Å²) in [6, 6.07) is -1.95. The summed E-state index contributed by atoms with van der Waals surface area (Å²) in [6.07, 6.45) is -2.15. The second-order valence-electron chi connectivity index (χ2n) is 5.37. The van der Waals surface area contributed by atoms with Crippen LogP contribution in [0, 0.1) is 0 Å². The van der Waals surface area contributed by atoms with E-state index in [0.717, 1.165) is 5.98 Å². The molecule has 0 aromatic carbocycles. The third kappa shape index (κ3) is 3.58. The maximum atomic E-state index is 14.0. The molecule has 2 aliphatic heterocycles. The summed E-state index contributed by atoms with van der Waals surface area (Å²) in [5.74, 6) is -4.29. The van der Waals surface area contributed by atoms with E-state index < -0.39 is 49.2 Å². The van der Waals surface area contributed by atoms with Crippen molar-refractivity contribution in [1.29, 1.82) is 0 Å². The molecule has 1 saturated heterocycles. The molecule has 3 atom stereocenters. The topological polar surface area (TPSA) is 125 Å². The van der Waals surface area contributed by atoms with Gasteiger partial charge in [-0.3, -0.25) is 9.59 Å². The van der Waals surface area contributed by atoms with E-state index >= 15 is 0 Å². The molecule has 0 aromatic heterocycles. The van der Waals surface area contributed by atoms with Crippen LogP contribution in [-0.2, 0) is 14.3 Å². The van der Waals surface area contributed by atoms with Crippen LogP contribution in [0.5, 0.6) is 0 Å². The second kappa shape index (κ2) is 7.28. The van der Waals surface area contributed by atoms with Crippen LogP contribution >= 0.6 is 0 Å². The van der Waals surface area contributed by atoms with Crippen molar-refractivity contribution in [3.63, 3.8) is 0 Å². The van der Waals surface area contributed by atoms with Crippen LogP contribution in [-0.4, -0.2) is 71.5 Å². The number of ether oxygens (including phenoxy) is 1. The number of amides is 2. The first-order valence-electron chi connectivity index (χ1n) is 7.17. The molecule has 130 valence electrons. The highest BCUT2D eigenvalue weighted by atomic mass is 19.3. The fourth-order valence-corrected chi connectivity index (χ4v) is 2.45. The second-order valence-corrected chi connectivity index (χ2v) is 5.37. The number of aliphatic hydroxyl groups excluding tert-OH is 2. The zero-order valence-corrected chi connectivity index (χ0v) is 12.4. The maximum absolute atomic E-state index is 14.0. The number of rotatable bonds is 5. The summed E-state index contributed by atoms with van der Waals surface area (Å²) < 4.78 is 33.0. The molecule has 0 spiro atoms. The number of aldehydes is 1. The van der Waals surface area contributed by atoms with Gasteiger partial charge in [0.05, 0.1) is 6.61 Å². The van der Waals surface area contributed by atoms with Crippen LogP contribution in [0.15, 0.2) is 17.0 Å². The number of carbonyl (C=O) groups is 3. The Bertz CT molecular complexity index is 597. The molecule has 11 heteroatoms. The Kier molecular flexibility index (Phi) is 5.57. The first kappa shape index (κ1) is 18.4. The van der Waals surface area contributed by atoms with E-state index in [4.69, 9.17) is 9.84 Å². The lowest BCUT2D eigenvalue weighted by atomic mass is 9.42. The van der Waals surface area contributed by atoms with Crippen molar-refractivity contribution in [2.24, 2.45) is 4.99 Å².